The van der Waals surface area contributed by atoms with E-state index in [-0.39, 0.29) is 0 Å². The van der Waals surface area contributed by atoms with Crippen molar-refractivity contribution >= 4 is 22.2 Å². The van der Waals surface area contributed by atoms with Crippen LogP contribution in [0.4, 0.5) is 0 Å². The summed E-state index contributed by atoms with van der Waals surface area (Å²) in [6.45, 7) is 4.30. The van der Waals surface area contributed by atoms with Crippen molar-refractivity contribution in [2.45, 2.75) is 26.7 Å². The zero-order chi connectivity index (χ0) is 21.7. The monoisotopic (exact) mass is 418 g/mol. The van der Waals surface area contributed by atoms with Crippen LogP contribution in [0.2, 0.25) is 0 Å². The van der Waals surface area contributed by atoms with Gasteiger partial charge in [-0.15, -0.1) is 10.2 Å². The first-order valence-corrected chi connectivity index (χ1v) is 10.8. The molecule has 0 fully saturated rings. The Kier molecular flexibility index (Phi) is 4.24. The average molecular weight is 419 g/mol. The molecule has 0 spiro atoms. The summed E-state index contributed by atoms with van der Waals surface area (Å²) in [5.74, 6) is 0.630. The highest BCUT2D eigenvalue weighted by atomic mass is 15.5. The van der Waals surface area contributed by atoms with Gasteiger partial charge in [-0.3, -0.25) is 4.57 Å². The van der Waals surface area contributed by atoms with Gasteiger partial charge in [0.2, 0.25) is 5.82 Å². The minimum absolute atomic E-state index is 0.630. The van der Waals surface area contributed by atoms with Crippen LogP contribution in [0.15, 0.2) is 67.0 Å². The molecule has 0 radical (unpaired) electrons. The van der Waals surface area contributed by atoms with Gasteiger partial charge in [-0.1, -0.05) is 42.5 Å². The Morgan fingerprint density at radius 1 is 0.938 bits per heavy atom. The van der Waals surface area contributed by atoms with Gasteiger partial charge in [-0.25, -0.2) is 4.98 Å². The number of aromatic amines is 1. The third kappa shape index (κ3) is 2.80. The molecule has 2 heterocycles. The fourth-order valence-corrected chi connectivity index (χ4v) is 4.94. The maximum Gasteiger partial charge on any atom is 0.201 e. The van der Waals surface area contributed by atoms with Crippen molar-refractivity contribution in [2.75, 3.05) is 0 Å². The number of imidazole rings is 1. The quantitative estimate of drug-likeness (QED) is 0.441. The number of H-pyrrole nitrogens is 1. The molecule has 0 atom stereocenters. The van der Waals surface area contributed by atoms with Crippen molar-refractivity contribution in [1.29, 1.82) is 0 Å². The van der Waals surface area contributed by atoms with Crippen molar-refractivity contribution < 1.29 is 0 Å². The van der Waals surface area contributed by atoms with Crippen LogP contribution < -0.4 is 0 Å². The largest absolute Gasteiger partial charge is 0.299 e. The number of hydrogen-bond acceptors (Lipinski definition) is 4. The molecule has 5 aromatic rings. The second-order valence-corrected chi connectivity index (χ2v) is 8.23. The van der Waals surface area contributed by atoms with Crippen LogP contribution in [0, 0.1) is 6.92 Å². The van der Waals surface area contributed by atoms with Gasteiger partial charge >= 0.3 is 0 Å². The molecule has 6 heteroatoms. The van der Waals surface area contributed by atoms with Crippen LogP contribution in [0.5, 0.6) is 0 Å². The molecule has 3 aromatic carbocycles. The van der Waals surface area contributed by atoms with Crippen molar-refractivity contribution in [3.63, 3.8) is 0 Å². The molecule has 0 amide bonds. The number of allylic oxidation sites excluding steroid dienone is 1. The second-order valence-electron chi connectivity index (χ2n) is 8.23. The molecule has 0 bridgehead atoms. The lowest BCUT2D eigenvalue weighted by Gasteiger charge is -2.19. The predicted octanol–water partition coefficient (Wildman–Crippen LogP) is 4.92. The number of nitrogens with one attached hydrogen (secondary N) is 1. The molecule has 0 unspecified atom stereocenters. The first-order valence-electron chi connectivity index (χ1n) is 10.8. The zero-order valence-electron chi connectivity index (χ0n) is 18.0. The summed E-state index contributed by atoms with van der Waals surface area (Å²) in [6.07, 6.45) is 3.88. The van der Waals surface area contributed by atoms with Crippen molar-refractivity contribution in [3.8, 4) is 5.69 Å². The molecule has 0 aliphatic heterocycles. The van der Waals surface area contributed by atoms with Crippen molar-refractivity contribution in [1.82, 2.24) is 30.2 Å². The lowest BCUT2D eigenvalue weighted by Crippen LogP contribution is -2.04. The third-order valence-corrected chi connectivity index (χ3v) is 6.54. The Labute approximate surface area is 185 Å². The Balaban J connectivity index is 1.62. The predicted molar refractivity (Wildman–Crippen MR) is 125 cm³/mol. The topological polar surface area (TPSA) is 72.3 Å². The Morgan fingerprint density at radius 3 is 2.66 bits per heavy atom. The second kappa shape index (κ2) is 7.27. The van der Waals surface area contributed by atoms with Gasteiger partial charge in [0.15, 0.2) is 0 Å². The summed E-state index contributed by atoms with van der Waals surface area (Å²) in [5.41, 5.74) is 11.9. The van der Waals surface area contributed by atoms with Gasteiger partial charge in [-0.05, 0) is 83.5 Å². The van der Waals surface area contributed by atoms with E-state index in [0.29, 0.717) is 5.82 Å². The summed E-state index contributed by atoms with van der Waals surface area (Å²) < 4.78 is 2.19. The van der Waals surface area contributed by atoms with Gasteiger partial charge in [0, 0.05) is 5.57 Å². The Bertz CT molecular complexity index is 1490. The normalized spacial score (nSPS) is 14.7. The van der Waals surface area contributed by atoms with Gasteiger partial charge in [0.25, 0.3) is 0 Å². The highest BCUT2D eigenvalue weighted by Crippen LogP contribution is 2.40. The minimum atomic E-state index is 0.630. The number of rotatable bonds is 2. The van der Waals surface area contributed by atoms with Crippen LogP contribution >= 0.6 is 0 Å². The van der Waals surface area contributed by atoms with E-state index in [0.717, 1.165) is 29.4 Å². The third-order valence-electron chi connectivity index (χ3n) is 6.54. The summed E-state index contributed by atoms with van der Waals surface area (Å²) in [6, 6.07) is 21.4. The van der Waals surface area contributed by atoms with E-state index in [2.05, 4.69) is 98.6 Å². The molecule has 6 rings (SSSR count). The van der Waals surface area contributed by atoms with Crippen molar-refractivity contribution in [2.24, 2.45) is 0 Å². The number of aromatic nitrogens is 6. The smallest absolute Gasteiger partial charge is 0.201 e. The maximum atomic E-state index is 4.60. The minimum Gasteiger partial charge on any atom is -0.299 e. The molecular formula is C26H22N6. The number of fused-ring (bicyclic) bond motifs is 3. The summed E-state index contributed by atoms with van der Waals surface area (Å²) >= 11 is 0. The van der Waals surface area contributed by atoms with E-state index in [1.807, 2.05) is 12.4 Å². The summed E-state index contributed by atoms with van der Waals surface area (Å²) in [5, 5.41) is 14.9. The van der Waals surface area contributed by atoms with E-state index in [9.17, 15) is 0 Å². The van der Waals surface area contributed by atoms with Gasteiger partial charge in [0.1, 0.15) is 6.33 Å². The highest BCUT2D eigenvalue weighted by molar-refractivity contribution is 5.99. The van der Waals surface area contributed by atoms with Gasteiger partial charge < -0.3 is 0 Å². The number of aryl methyl sites for hydroxylation is 1. The van der Waals surface area contributed by atoms with E-state index in [4.69, 9.17) is 0 Å². The standard InChI is InChI=1S/C26H22N6/c1-16-19-12-11-18-7-3-4-8-20(18)25(17(2)26-28-30-31-29-26)21(19)13-14-23(16)32-15-27-22-9-5-6-10-24(22)32/h3-10,13-15H,11-12H2,1-2H3,(H,28,29,30,31)/b25-17-. The molecule has 0 saturated heterocycles. The Hall–Kier alpha value is -4.06. The molecule has 1 N–H and O–H groups in total. The zero-order valence-corrected chi connectivity index (χ0v) is 18.0. The number of benzene rings is 3. The molecular weight excluding hydrogens is 396 g/mol. The Morgan fingerprint density at radius 2 is 1.78 bits per heavy atom. The maximum absolute atomic E-state index is 4.60. The summed E-state index contributed by atoms with van der Waals surface area (Å²) in [4.78, 5) is 4.60. The molecule has 0 saturated carbocycles. The van der Waals surface area contributed by atoms with Gasteiger partial charge in [0.05, 0.1) is 16.7 Å². The fourth-order valence-electron chi connectivity index (χ4n) is 4.94. The van der Waals surface area contributed by atoms with Crippen LogP contribution in [-0.2, 0) is 12.8 Å². The summed E-state index contributed by atoms with van der Waals surface area (Å²) in [7, 11) is 0. The van der Waals surface area contributed by atoms with E-state index < -0.39 is 0 Å². The molecule has 2 aromatic heterocycles. The van der Waals surface area contributed by atoms with Crippen LogP contribution in [0.1, 0.15) is 40.6 Å². The molecule has 6 nitrogen and oxygen atoms in total. The fraction of sp³-hybridized carbons (Fsp3) is 0.154. The van der Waals surface area contributed by atoms with Gasteiger partial charge in [-0.2, -0.15) is 5.21 Å². The van der Waals surface area contributed by atoms with Crippen LogP contribution in [0.3, 0.4) is 0 Å². The number of hydrogen-bond donors (Lipinski definition) is 1. The molecule has 32 heavy (non-hydrogen) atoms. The van der Waals surface area contributed by atoms with Crippen LogP contribution in [0.25, 0.3) is 27.9 Å². The van der Waals surface area contributed by atoms with E-state index >= 15 is 0 Å². The first-order chi connectivity index (χ1) is 15.7. The highest BCUT2D eigenvalue weighted by Gasteiger charge is 2.24. The first kappa shape index (κ1) is 18.7. The number of tetrazole rings is 1. The van der Waals surface area contributed by atoms with Crippen LogP contribution in [-0.4, -0.2) is 30.2 Å². The lowest BCUT2D eigenvalue weighted by molar-refractivity contribution is 0.881. The SMILES string of the molecule is C/C(=C1\c2ccccc2CCc2c1ccc(-n1cnc3ccccc31)c2C)c1nn[nH]n1. The number of nitrogens with zero attached hydrogens (tertiary/aromatic N) is 5. The lowest BCUT2D eigenvalue weighted by atomic mass is 9.88. The van der Waals surface area contributed by atoms with E-state index in [1.165, 1.54) is 39.1 Å². The molecule has 1 aliphatic rings. The molecule has 1 aliphatic carbocycles. The average Bonchev–Trinajstić information content (AvgIpc) is 3.47. The number of para-hydroxylation sites is 2. The van der Waals surface area contributed by atoms with E-state index in [1.54, 1.807) is 0 Å². The molecule has 156 valence electrons. The van der Waals surface area contributed by atoms with Crippen molar-refractivity contribution in [3.05, 3.63) is 101 Å².